The summed E-state index contributed by atoms with van der Waals surface area (Å²) >= 11 is 0. The Labute approximate surface area is 129 Å². The molecule has 1 aliphatic heterocycles. The average molecular weight is 300 g/mol. The van der Waals surface area contributed by atoms with Gasteiger partial charge in [0.25, 0.3) is 5.91 Å². The second kappa shape index (κ2) is 6.23. The molecule has 0 unspecified atom stereocenters. The van der Waals surface area contributed by atoms with E-state index in [1.54, 1.807) is 17.0 Å². The van der Waals surface area contributed by atoms with Crippen LogP contribution in [-0.4, -0.2) is 41.1 Å². The highest BCUT2D eigenvalue weighted by atomic mass is 16.3. The lowest BCUT2D eigenvalue weighted by molar-refractivity contribution is -0.00721. The van der Waals surface area contributed by atoms with Crippen LogP contribution in [0.4, 0.5) is 5.69 Å². The van der Waals surface area contributed by atoms with Gasteiger partial charge in [0.2, 0.25) is 0 Å². The Bertz CT molecular complexity index is 602. The normalized spacial score (nSPS) is 17.2. The first kappa shape index (κ1) is 14.7. The average Bonchev–Trinajstić information content (AvgIpc) is 3.09. The molecular weight excluding hydrogens is 280 g/mol. The molecule has 2 heterocycles. The Hall–Kier alpha value is -2.27. The van der Waals surface area contributed by atoms with Crippen molar-refractivity contribution in [1.29, 1.82) is 0 Å². The number of rotatable bonds is 4. The van der Waals surface area contributed by atoms with Crippen molar-refractivity contribution in [2.24, 2.45) is 0 Å². The molecule has 0 bridgehead atoms. The lowest BCUT2D eigenvalue weighted by atomic mass is 9.91. The van der Waals surface area contributed by atoms with Gasteiger partial charge in [-0.1, -0.05) is 18.2 Å². The summed E-state index contributed by atoms with van der Waals surface area (Å²) in [5.41, 5.74) is 0.209. The minimum Gasteiger partial charge on any atom is -0.459 e. The Morgan fingerprint density at radius 1 is 1.18 bits per heavy atom. The molecule has 2 aromatic rings. The van der Waals surface area contributed by atoms with E-state index in [9.17, 15) is 9.90 Å². The van der Waals surface area contributed by atoms with Crippen molar-refractivity contribution < 1.29 is 14.3 Å². The second-order valence-corrected chi connectivity index (χ2v) is 5.71. The molecular formula is C17H20N2O3. The van der Waals surface area contributed by atoms with Gasteiger partial charge in [0.15, 0.2) is 5.76 Å². The van der Waals surface area contributed by atoms with E-state index in [0.717, 1.165) is 5.69 Å². The van der Waals surface area contributed by atoms with Crippen molar-refractivity contribution in [3.8, 4) is 0 Å². The van der Waals surface area contributed by atoms with Crippen LogP contribution in [0.1, 0.15) is 23.4 Å². The van der Waals surface area contributed by atoms with Crippen LogP contribution in [0, 0.1) is 0 Å². The number of carbonyl (C=O) groups is 1. The largest absolute Gasteiger partial charge is 0.459 e. The number of hydrogen-bond acceptors (Lipinski definition) is 4. The number of nitrogens with one attached hydrogen (secondary N) is 1. The van der Waals surface area contributed by atoms with Gasteiger partial charge in [0.1, 0.15) is 0 Å². The number of carbonyl (C=O) groups excluding carboxylic acids is 1. The van der Waals surface area contributed by atoms with E-state index in [1.807, 2.05) is 30.3 Å². The zero-order chi connectivity index (χ0) is 15.4. The number of amides is 1. The number of furan rings is 1. The molecule has 1 aromatic carbocycles. The third-order valence-corrected chi connectivity index (χ3v) is 4.11. The minimum absolute atomic E-state index is 0.108. The summed E-state index contributed by atoms with van der Waals surface area (Å²) in [6.07, 6.45) is 2.61. The van der Waals surface area contributed by atoms with Crippen LogP contribution in [0.3, 0.4) is 0 Å². The molecule has 1 amide bonds. The number of benzene rings is 1. The van der Waals surface area contributed by atoms with Crippen LogP contribution < -0.4 is 5.32 Å². The molecule has 0 aliphatic carbocycles. The van der Waals surface area contributed by atoms with Gasteiger partial charge in [0, 0.05) is 25.3 Å². The molecule has 22 heavy (non-hydrogen) atoms. The lowest BCUT2D eigenvalue weighted by Crippen LogP contribution is -2.49. The van der Waals surface area contributed by atoms with Gasteiger partial charge in [-0.15, -0.1) is 0 Å². The van der Waals surface area contributed by atoms with Gasteiger partial charge in [-0.05, 0) is 37.1 Å². The number of para-hydroxylation sites is 1. The Morgan fingerprint density at radius 3 is 2.55 bits per heavy atom. The molecule has 0 atom stereocenters. The number of nitrogens with zero attached hydrogens (tertiary/aromatic N) is 1. The highest BCUT2D eigenvalue weighted by Crippen LogP contribution is 2.24. The minimum atomic E-state index is -0.782. The van der Waals surface area contributed by atoms with Crippen molar-refractivity contribution in [3.05, 3.63) is 54.5 Å². The van der Waals surface area contributed by atoms with Gasteiger partial charge in [-0.2, -0.15) is 0 Å². The fourth-order valence-electron chi connectivity index (χ4n) is 2.68. The zero-order valence-corrected chi connectivity index (χ0v) is 12.4. The van der Waals surface area contributed by atoms with Gasteiger partial charge in [-0.25, -0.2) is 0 Å². The number of likely N-dealkylation sites (tertiary alicyclic amines) is 1. The molecule has 1 saturated heterocycles. The number of hydrogen-bond donors (Lipinski definition) is 2. The predicted molar refractivity (Wildman–Crippen MR) is 83.7 cm³/mol. The molecule has 1 aliphatic rings. The van der Waals surface area contributed by atoms with Crippen LogP contribution in [0.5, 0.6) is 0 Å². The molecule has 3 rings (SSSR count). The second-order valence-electron chi connectivity index (χ2n) is 5.71. The molecule has 0 saturated carbocycles. The summed E-state index contributed by atoms with van der Waals surface area (Å²) in [6.45, 7) is 1.55. The summed E-state index contributed by atoms with van der Waals surface area (Å²) in [4.78, 5) is 13.9. The van der Waals surface area contributed by atoms with Crippen molar-refractivity contribution in [3.63, 3.8) is 0 Å². The van der Waals surface area contributed by atoms with Gasteiger partial charge in [-0.3, -0.25) is 4.79 Å². The van der Waals surface area contributed by atoms with E-state index in [2.05, 4.69) is 5.32 Å². The highest BCUT2D eigenvalue weighted by Gasteiger charge is 2.34. The third-order valence-electron chi connectivity index (χ3n) is 4.11. The predicted octanol–water partition coefficient (Wildman–Crippen LogP) is 2.36. The maximum atomic E-state index is 12.2. The van der Waals surface area contributed by atoms with E-state index < -0.39 is 5.60 Å². The first-order valence-electron chi connectivity index (χ1n) is 7.50. The molecule has 1 aromatic heterocycles. The molecule has 2 N–H and O–H groups in total. The summed E-state index contributed by atoms with van der Waals surface area (Å²) in [5, 5.41) is 13.9. The Balaban J connectivity index is 1.53. The molecule has 5 heteroatoms. The van der Waals surface area contributed by atoms with E-state index >= 15 is 0 Å². The molecule has 0 spiro atoms. The van der Waals surface area contributed by atoms with Gasteiger partial charge < -0.3 is 19.7 Å². The van der Waals surface area contributed by atoms with Crippen molar-refractivity contribution >= 4 is 11.6 Å². The smallest absolute Gasteiger partial charge is 0.289 e. The number of piperidine rings is 1. The number of anilines is 1. The van der Waals surface area contributed by atoms with Crippen LogP contribution in [-0.2, 0) is 0 Å². The Morgan fingerprint density at radius 2 is 1.91 bits per heavy atom. The first-order chi connectivity index (χ1) is 10.7. The quantitative estimate of drug-likeness (QED) is 0.909. The fourth-order valence-corrected chi connectivity index (χ4v) is 2.68. The van der Waals surface area contributed by atoms with E-state index in [0.29, 0.717) is 38.2 Å². The zero-order valence-electron chi connectivity index (χ0n) is 12.4. The topological polar surface area (TPSA) is 65.7 Å². The van der Waals surface area contributed by atoms with Crippen molar-refractivity contribution in [1.82, 2.24) is 4.90 Å². The highest BCUT2D eigenvalue weighted by molar-refractivity contribution is 5.91. The molecule has 116 valence electrons. The van der Waals surface area contributed by atoms with Crippen LogP contribution in [0.2, 0.25) is 0 Å². The number of aliphatic hydroxyl groups is 1. The Kier molecular flexibility index (Phi) is 4.15. The van der Waals surface area contributed by atoms with Crippen molar-refractivity contribution in [2.75, 3.05) is 25.0 Å². The summed E-state index contributed by atoms with van der Waals surface area (Å²) in [5.74, 6) is 0.246. The summed E-state index contributed by atoms with van der Waals surface area (Å²) in [7, 11) is 0. The van der Waals surface area contributed by atoms with E-state index in [1.165, 1.54) is 6.26 Å². The van der Waals surface area contributed by atoms with E-state index in [4.69, 9.17) is 4.42 Å². The maximum absolute atomic E-state index is 12.2. The maximum Gasteiger partial charge on any atom is 0.289 e. The summed E-state index contributed by atoms with van der Waals surface area (Å²) in [6, 6.07) is 13.2. The molecule has 1 fully saturated rings. The first-order valence-corrected chi connectivity index (χ1v) is 7.50. The lowest BCUT2D eigenvalue weighted by Gasteiger charge is -2.38. The van der Waals surface area contributed by atoms with Crippen molar-refractivity contribution in [2.45, 2.75) is 18.4 Å². The van der Waals surface area contributed by atoms with Gasteiger partial charge in [0.05, 0.1) is 11.9 Å². The van der Waals surface area contributed by atoms with E-state index in [-0.39, 0.29) is 5.91 Å². The molecule has 5 nitrogen and oxygen atoms in total. The van der Waals surface area contributed by atoms with Crippen LogP contribution >= 0.6 is 0 Å². The SMILES string of the molecule is O=C(c1ccco1)N1CCC(O)(CNc2ccccc2)CC1. The summed E-state index contributed by atoms with van der Waals surface area (Å²) < 4.78 is 5.14. The van der Waals surface area contributed by atoms with Crippen LogP contribution in [0.15, 0.2) is 53.1 Å². The third kappa shape index (κ3) is 3.31. The standard InChI is InChI=1S/C17H20N2O3/c20-16(15-7-4-12-22-15)19-10-8-17(21,9-11-19)13-18-14-5-2-1-3-6-14/h1-7,12,18,21H,8-11,13H2. The monoisotopic (exact) mass is 300 g/mol. The van der Waals surface area contributed by atoms with Gasteiger partial charge >= 0.3 is 0 Å². The fraction of sp³-hybridized carbons (Fsp3) is 0.353. The van der Waals surface area contributed by atoms with Crippen LogP contribution in [0.25, 0.3) is 0 Å². The molecule has 0 radical (unpaired) electrons.